The summed E-state index contributed by atoms with van der Waals surface area (Å²) in [6.45, 7) is 12.5. The first-order chi connectivity index (χ1) is 9.48. The van der Waals surface area contributed by atoms with Gasteiger partial charge in [0.25, 0.3) is 0 Å². The highest BCUT2D eigenvalue weighted by Crippen LogP contribution is 2.24. The standard InChI is InChI=1S/C16H33N3O/c1-4-17-14-5-7-15(8-6-14)19-11-9-18(10-12-19)13-16(2,3)20/h14-15,17,20H,4-13H2,1-3H3. The first-order valence-corrected chi connectivity index (χ1v) is 8.40. The topological polar surface area (TPSA) is 38.7 Å². The van der Waals surface area contributed by atoms with Crippen molar-refractivity contribution in [1.82, 2.24) is 15.1 Å². The molecule has 1 aliphatic carbocycles. The molecule has 0 aromatic heterocycles. The van der Waals surface area contributed by atoms with Crippen LogP contribution >= 0.6 is 0 Å². The number of nitrogens with zero attached hydrogens (tertiary/aromatic N) is 2. The van der Waals surface area contributed by atoms with Crippen molar-refractivity contribution < 1.29 is 5.11 Å². The largest absolute Gasteiger partial charge is 0.389 e. The average Bonchev–Trinajstić information content (AvgIpc) is 2.39. The Kier molecular flexibility index (Phi) is 5.84. The zero-order valence-electron chi connectivity index (χ0n) is 13.6. The fraction of sp³-hybridized carbons (Fsp3) is 1.00. The van der Waals surface area contributed by atoms with Gasteiger partial charge in [0.2, 0.25) is 0 Å². The molecule has 0 aromatic carbocycles. The lowest BCUT2D eigenvalue weighted by Gasteiger charge is -2.43. The summed E-state index contributed by atoms with van der Waals surface area (Å²) in [5.41, 5.74) is -0.563. The summed E-state index contributed by atoms with van der Waals surface area (Å²) < 4.78 is 0. The van der Waals surface area contributed by atoms with Crippen LogP contribution in [-0.2, 0) is 0 Å². The van der Waals surface area contributed by atoms with Gasteiger partial charge < -0.3 is 10.4 Å². The van der Waals surface area contributed by atoms with Crippen LogP contribution in [0.25, 0.3) is 0 Å². The summed E-state index contributed by atoms with van der Waals surface area (Å²) in [6, 6.07) is 1.56. The molecule has 2 N–H and O–H groups in total. The number of nitrogens with one attached hydrogen (secondary N) is 1. The van der Waals surface area contributed by atoms with Crippen LogP contribution in [0.1, 0.15) is 46.5 Å². The molecule has 1 aliphatic heterocycles. The second kappa shape index (κ2) is 7.21. The van der Waals surface area contributed by atoms with Crippen LogP contribution in [0.15, 0.2) is 0 Å². The van der Waals surface area contributed by atoms with E-state index in [2.05, 4.69) is 22.0 Å². The zero-order chi connectivity index (χ0) is 14.6. The second-order valence-corrected chi connectivity index (χ2v) is 7.19. The molecule has 0 radical (unpaired) electrons. The van der Waals surface area contributed by atoms with Crippen molar-refractivity contribution in [2.75, 3.05) is 39.3 Å². The Morgan fingerprint density at radius 1 is 1.05 bits per heavy atom. The Morgan fingerprint density at radius 2 is 1.65 bits per heavy atom. The summed E-state index contributed by atoms with van der Waals surface area (Å²) in [5.74, 6) is 0. The number of hydrogen-bond donors (Lipinski definition) is 2. The zero-order valence-corrected chi connectivity index (χ0v) is 13.6. The molecule has 0 bridgehead atoms. The molecule has 0 atom stereocenters. The van der Waals surface area contributed by atoms with Crippen LogP contribution in [0.3, 0.4) is 0 Å². The van der Waals surface area contributed by atoms with Crippen LogP contribution in [0, 0.1) is 0 Å². The van der Waals surface area contributed by atoms with Gasteiger partial charge >= 0.3 is 0 Å². The summed E-state index contributed by atoms with van der Waals surface area (Å²) in [5, 5.41) is 13.5. The third kappa shape index (κ3) is 4.99. The molecular formula is C16H33N3O. The molecular weight excluding hydrogens is 250 g/mol. The predicted molar refractivity (Wildman–Crippen MR) is 84.0 cm³/mol. The third-order valence-electron chi connectivity index (χ3n) is 4.72. The van der Waals surface area contributed by atoms with Crippen LogP contribution in [0.2, 0.25) is 0 Å². The van der Waals surface area contributed by atoms with Crippen molar-refractivity contribution in [2.45, 2.75) is 64.1 Å². The molecule has 0 unspecified atom stereocenters. The van der Waals surface area contributed by atoms with E-state index < -0.39 is 5.60 Å². The molecule has 4 nitrogen and oxygen atoms in total. The van der Waals surface area contributed by atoms with Gasteiger partial charge in [0.1, 0.15) is 0 Å². The molecule has 0 aromatic rings. The molecule has 118 valence electrons. The smallest absolute Gasteiger partial charge is 0.0718 e. The maximum absolute atomic E-state index is 9.90. The van der Waals surface area contributed by atoms with Gasteiger partial charge in [-0.15, -0.1) is 0 Å². The van der Waals surface area contributed by atoms with Crippen LogP contribution in [0.5, 0.6) is 0 Å². The lowest BCUT2D eigenvalue weighted by molar-refractivity contribution is 0.00675. The fourth-order valence-corrected chi connectivity index (χ4v) is 3.77. The molecule has 4 heteroatoms. The van der Waals surface area contributed by atoms with Gasteiger partial charge in [-0.25, -0.2) is 0 Å². The van der Waals surface area contributed by atoms with E-state index in [0.717, 1.165) is 38.3 Å². The van der Waals surface area contributed by atoms with E-state index in [1.165, 1.54) is 38.8 Å². The first kappa shape index (κ1) is 16.2. The molecule has 2 rings (SSSR count). The molecule has 2 aliphatic rings. The number of piperazine rings is 1. The van der Waals surface area contributed by atoms with E-state index in [9.17, 15) is 5.11 Å². The maximum atomic E-state index is 9.90. The van der Waals surface area contributed by atoms with E-state index in [0.29, 0.717) is 0 Å². The molecule has 20 heavy (non-hydrogen) atoms. The van der Waals surface area contributed by atoms with Crippen molar-refractivity contribution >= 4 is 0 Å². The van der Waals surface area contributed by atoms with E-state index in [1.54, 1.807) is 0 Å². The average molecular weight is 283 g/mol. The van der Waals surface area contributed by atoms with E-state index in [-0.39, 0.29) is 0 Å². The number of hydrogen-bond acceptors (Lipinski definition) is 4. The number of β-amino-alcohol motifs (C(OH)–C–C–N with tert-alkyl or cyclic N) is 1. The predicted octanol–water partition coefficient (Wildman–Crippen LogP) is 1.30. The van der Waals surface area contributed by atoms with Crippen molar-refractivity contribution in [3.05, 3.63) is 0 Å². The van der Waals surface area contributed by atoms with Crippen molar-refractivity contribution in [2.24, 2.45) is 0 Å². The van der Waals surface area contributed by atoms with Gasteiger partial charge in [0, 0.05) is 44.8 Å². The monoisotopic (exact) mass is 283 g/mol. The van der Waals surface area contributed by atoms with Crippen molar-refractivity contribution in [3.63, 3.8) is 0 Å². The van der Waals surface area contributed by atoms with Crippen LogP contribution < -0.4 is 5.32 Å². The SMILES string of the molecule is CCNC1CCC(N2CCN(CC(C)(C)O)CC2)CC1. The van der Waals surface area contributed by atoms with E-state index >= 15 is 0 Å². The number of rotatable bonds is 5. The van der Waals surface area contributed by atoms with Gasteiger partial charge in [-0.3, -0.25) is 9.80 Å². The van der Waals surface area contributed by atoms with Gasteiger partial charge in [-0.1, -0.05) is 6.92 Å². The maximum Gasteiger partial charge on any atom is 0.0718 e. The number of aliphatic hydroxyl groups is 1. The normalized spacial score (nSPS) is 30.6. The molecule has 1 saturated carbocycles. The fourth-order valence-electron chi connectivity index (χ4n) is 3.77. The lowest BCUT2D eigenvalue weighted by atomic mass is 9.90. The molecule has 0 amide bonds. The minimum atomic E-state index is -0.563. The minimum Gasteiger partial charge on any atom is -0.389 e. The Morgan fingerprint density at radius 3 is 2.15 bits per heavy atom. The molecule has 0 spiro atoms. The van der Waals surface area contributed by atoms with Crippen LogP contribution in [-0.4, -0.2) is 71.9 Å². The highest BCUT2D eigenvalue weighted by Gasteiger charge is 2.29. The Balaban J connectivity index is 1.69. The summed E-state index contributed by atoms with van der Waals surface area (Å²) >= 11 is 0. The van der Waals surface area contributed by atoms with Gasteiger partial charge in [0.15, 0.2) is 0 Å². The van der Waals surface area contributed by atoms with Crippen molar-refractivity contribution in [1.29, 1.82) is 0 Å². The van der Waals surface area contributed by atoms with Gasteiger partial charge in [-0.05, 0) is 46.1 Å². The molecule has 1 saturated heterocycles. The summed E-state index contributed by atoms with van der Waals surface area (Å²) in [4.78, 5) is 5.09. The Labute approximate surface area is 124 Å². The molecule has 1 heterocycles. The third-order valence-corrected chi connectivity index (χ3v) is 4.72. The van der Waals surface area contributed by atoms with Gasteiger partial charge in [-0.2, -0.15) is 0 Å². The summed E-state index contributed by atoms with van der Waals surface area (Å²) in [6.07, 6.45) is 5.37. The first-order valence-electron chi connectivity index (χ1n) is 8.40. The van der Waals surface area contributed by atoms with E-state index in [1.807, 2.05) is 13.8 Å². The Hall–Kier alpha value is -0.160. The summed E-state index contributed by atoms with van der Waals surface area (Å²) in [7, 11) is 0. The highest BCUT2D eigenvalue weighted by molar-refractivity contribution is 4.86. The molecule has 2 fully saturated rings. The Bertz CT molecular complexity index is 274. The second-order valence-electron chi connectivity index (χ2n) is 7.19. The van der Waals surface area contributed by atoms with Crippen LogP contribution in [0.4, 0.5) is 0 Å². The highest BCUT2D eigenvalue weighted by atomic mass is 16.3. The van der Waals surface area contributed by atoms with Gasteiger partial charge in [0.05, 0.1) is 5.60 Å². The minimum absolute atomic E-state index is 0.563. The quantitative estimate of drug-likeness (QED) is 0.798. The van der Waals surface area contributed by atoms with Crippen molar-refractivity contribution in [3.8, 4) is 0 Å². The van der Waals surface area contributed by atoms with E-state index in [4.69, 9.17) is 0 Å². The lowest BCUT2D eigenvalue weighted by Crippen LogP contribution is -2.54.